The monoisotopic (exact) mass is 992 g/mol. The van der Waals surface area contributed by atoms with Gasteiger partial charge >= 0.3 is 5.97 Å². The van der Waals surface area contributed by atoms with Crippen molar-refractivity contribution in [1.82, 2.24) is 0 Å². The molecule has 0 unspecified atom stereocenters. The molecule has 1 heterocycles. The summed E-state index contributed by atoms with van der Waals surface area (Å²) in [5, 5.41) is 7.15. The first-order valence-electron chi connectivity index (χ1n) is 18.4. The van der Waals surface area contributed by atoms with E-state index in [1.165, 1.54) is 0 Å². The van der Waals surface area contributed by atoms with Gasteiger partial charge in [0, 0.05) is 54.3 Å². The summed E-state index contributed by atoms with van der Waals surface area (Å²) >= 11 is 18.1. The van der Waals surface area contributed by atoms with E-state index in [-0.39, 0.29) is 0 Å². The Balaban J connectivity index is 1.61. The number of esters is 1. The zero-order valence-corrected chi connectivity index (χ0v) is 38.4. The van der Waals surface area contributed by atoms with Crippen LogP contribution in [0.3, 0.4) is 0 Å². The van der Waals surface area contributed by atoms with Gasteiger partial charge in [-0.25, -0.2) is 4.79 Å². The Morgan fingerprint density at radius 1 is 0.621 bits per heavy atom. The minimum atomic E-state index is -1.47. The third-order valence-electron chi connectivity index (χ3n) is 9.96. The predicted octanol–water partition coefficient (Wildman–Crippen LogP) is 11.9. The van der Waals surface area contributed by atoms with Crippen molar-refractivity contribution in [2.75, 3.05) is 52.2 Å². The lowest BCUT2D eigenvalue weighted by atomic mass is 9.83. The van der Waals surface area contributed by atoms with Gasteiger partial charge in [-0.05, 0) is 131 Å². The van der Waals surface area contributed by atoms with Gasteiger partial charge in [0.2, 0.25) is 0 Å². The molecular weight excluding hydrogens is 952 g/mol. The van der Waals surface area contributed by atoms with Gasteiger partial charge in [-0.2, -0.15) is 0 Å². The number of hydrogen-bond donors (Lipinski definition) is 2. The van der Waals surface area contributed by atoms with Crippen molar-refractivity contribution < 1.29 is 28.5 Å². The normalized spacial score (nSPS) is 15.6. The quantitative estimate of drug-likeness (QED) is 0.0438. The maximum atomic E-state index is 14.3. The lowest BCUT2D eigenvalue weighted by Gasteiger charge is -2.27. The predicted molar refractivity (Wildman–Crippen MR) is 244 cm³/mol. The highest BCUT2D eigenvalue weighted by Crippen LogP contribution is 2.53. The van der Waals surface area contributed by atoms with Crippen LogP contribution in [0.25, 0.3) is 11.1 Å². The molecule has 0 fully saturated rings. The molecule has 0 aliphatic carbocycles. The number of hydrogen-bond acceptors (Lipinski definition) is 8. The summed E-state index contributed by atoms with van der Waals surface area (Å²) in [6.45, 7) is 5.03. The SMILES string of the molecule is COC(CNc1ccc(C(=CC2(C=C(c3ccc(C)cc3)c3ccc(NCC(OC)OC)cc3)OC(=O)c3c(Br)c(Br)c(Cl)c(Br)c32)c2ccc(C)cc2)cc1)OC. The topological polar surface area (TPSA) is 87.3 Å². The molecule has 0 aromatic heterocycles. The van der Waals surface area contributed by atoms with E-state index in [9.17, 15) is 4.79 Å². The van der Waals surface area contributed by atoms with Crippen molar-refractivity contribution in [3.05, 3.63) is 172 Å². The molecule has 0 spiro atoms. The highest BCUT2D eigenvalue weighted by atomic mass is 79.9. The van der Waals surface area contributed by atoms with E-state index in [0.29, 0.717) is 42.7 Å². The van der Waals surface area contributed by atoms with Gasteiger partial charge in [-0.1, -0.05) is 95.5 Å². The number of anilines is 2. The lowest BCUT2D eigenvalue weighted by Crippen LogP contribution is -2.24. The number of nitrogens with one attached hydrogen (secondary N) is 2. The van der Waals surface area contributed by atoms with Crippen LogP contribution in [-0.2, 0) is 29.3 Å². The molecule has 302 valence electrons. The molecule has 2 N–H and O–H groups in total. The second-order valence-corrected chi connectivity index (χ2v) is 16.5. The van der Waals surface area contributed by atoms with Gasteiger partial charge in [-0.3, -0.25) is 0 Å². The largest absolute Gasteiger partial charge is 0.442 e. The zero-order valence-electron chi connectivity index (χ0n) is 32.9. The molecule has 58 heavy (non-hydrogen) atoms. The van der Waals surface area contributed by atoms with E-state index in [0.717, 1.165) is 55.9 Å². The van der Waals surface area contributed by atoms with Gasteiger partial charge in [0.05, 0.1) is 28.1 Å². The van der Waals surface area contributed by atoms with Crippen LogP contribution in [0.4, 0.5) is 11.4 Å². The Kier molecular flexibility index (Phi) is 14.7. The van der Waals surface area contributed by atoms with Crippen LogP contribution in [0.2, 0.25) is 5.02 Å². The Morgan fingerprint density at radius 2 is 0.983 bits per heavy atom. The first-order chi connectivity index (χ1) is 27.9. The molecule has 12 heteroatoms. The standard InChI is InChI=1S/C46H44Br3ClN2O6/c1-27-7-11-29(12-8-27)35(31-15-19-33(20-16-31)51-25-37(54-3)55-4)23-46(40-39(45(53)58-46)41(47)43(49)44(50)42(40)48)24-36(30-13-9-28(2)10-14-30)32-17-21-34(22-18-32)52-26-38(56-5)57-6/h7-24,37-38,51-52H,25-26H2,1-6H3. The number of halogens is 4. The fraction of sp³-hybridized carbons (Fsp3) is 0.239. The smallest absolute Gasteiger partial charge is 0.341 e. The van der Waals surface area contributed by atoms with E-state index < -0.39 is 24.2 Å². The number of carbonyl (C=O) groups is 1. The van der Waals surface area contributed by atoms with Crippen molar-refractivity contribution >= 4 is 87.9 Å². The summed E-state index contributed by atoms with van der Waals surface area (Å²) in [5.41, 5.74) is 8.80. The number of carbonyl (C=O) groups excluding carboxylic acids is 1. The molecule has 1 aliphatic rings. The van der Waals surface area contributed by atoms with Crippen LogP contribution in [0, 0.1) is 13.8 Å². The third kappa shape index (κ3) is 9.64. The maximum Gasteiger partial charge on any atom is 0.341 e. The molecule has 8 nitrogen and oxygen atoms in total. The number of methoxy groups -OCH3 is 4. The van der Waals surface area contributed by atoms with Gasteiger partial charge in [-0.15, -0.1) is 0 Å². The first kappa shape index (κ1) is 43.8. The fourth-order valence-corrected chi connectivity index (χ4v) is 8.95. The summed E-state index contributed by atoms with van der Waals surface area (Å²) in [6.07, 6.45) is 3.25. The highest BCUT2D eigenvalue weighted by Gasteiger charge is 2.48. The Bertz CT molecular complexity index is 2170. The van der Waals surface area contributed by atoms with Crippen molar-refractivity contribution in [3.63, 3.8) is 0 Å². The lowest BCUT2D eigenvalue weighted by molar-refractivity contribution is -0.0915. The molecular formula is C46H44Br3ClN2O6. The summed E-state index contributed by atoms with van der Waals surface area (Å²) in [4.78, 5) is 14.3. The molecule has 0 amide bonds. The molecule has 6 rings (SSSR count). The van der Waals surface area contributed by atoms with Crippen molar-refractivity contribution in [2.24, 2.45) is 0 Å². The fourth-order valence-electron chi connectivity index (χ4n) is 6.72. The first-order valence-corrected chi connectivity index (χ1v) is 21.2. The average molecular weight is 996 g/mol. The van der Waals surface area contributed by atoms with Gasteiger partial charge in [0.15, 0.2) is 18.2 Å². The van der Waals surface area contributed by atoms with Crippen molar-refractivity contribution in [3.8, 4) is 0 Å². The molecule has 1 aliphatic heterocycles. The Morgan fingerprint density at radius 3 is 1.34 bits per heavy atom. The number of aryl methyl sites for hydroxylation is 2. The van der Waals surface area contributed by atoms with Crippen molar-refractivity contribution in [2.45, 2.75) is 32.0 Å². The number of rotatable bonds is 16. The molecule has 5 aromatic rings. The molecule has 0 atom stereocenters. The van der Waals surface area contributed by atoms with Gasteiger partial charge in [0.1, 0.15) is 0 Å². The van der Waals surface area contributed by atoms with E-state index in [4.69, 9.17) is 35.3 Å². The number of cyclic esters (lactones) is 1. The summed E-state index contributed by atoms with van der Waals surface area (Å²) in [6, 6.07) is 32.8. The number of fused-ring (bicyclic) bond motifs is 1. The Labute approximate surface area is 370 Å². The highest BCUT2D eigenvalue weighted by molar-refractivity contribution is 9.13. The molecule has 0 radical (unpaired) electrons. The van der Waals surface area contributed by atoms with E-state index in [1.807, 2.05) is 60.7 Å². The molecule has 0 saturated heterocycles. The van der Waals surface area contributed by atoms with Gasteiger partial charge < -0.3 is 34.3 Å². The number of ether oxygens (including phenoxy) is 5. The minimum absolute atomic E-state index is 0.359. The van der Waals surface area contributed by atoms with Crippen LogP contribution >= 0.6 is 59.4 Å². The van der Waals surface area contributed by atoms with E-state index in [2.05, 4.69) is 121 Å². The van der Waals surface area contributed by atoms with E-state index >= 15 is 0 Å². The molecule has 0 bridgehead atoms. The molecule has 5 aromatic carbocycles. The van der Waals surface area contributed by atoms with Crippen molar-refractivity contribution in [1.29, 1.82) is 0 Å². The van der Waals surface area contributed by atoms with E-state index in [1.54, 1.807) is 28.4 Å². The van der Waals surface area contributed by atoms with Crippen LogP contribution in [0.1, 0.15) is 49.3 Å². The average Bonchev–Trinajstić information content (AvgIpc) is 3.53. The minimum Gasteiger partial charge on any atom is -0.442 e. The third-order valence-corrected chi connectivity index (χ3v) is 13.7. The second kappa shape index (κ2) is 19.5. The zero-order chi connectivity index (χ0) is 41.6. The maximum absolute atomic E-state index is 14.3. The Hall–Kier alpha value is -3.78. The number of benzene rings is 5. The van der Waals surface area contributed by atoms with Gasteiger partial charge in [0.25, 0.3) is 0 Å². The summed E-state index contributed by atoms with van der Waals surface area (Å²) in [7, 11) is 6.43. The molecule has 0 saturated carbocycles. The summed E-state index contributed by atoms with van der Waals surface area (Å²) in [5.74, 6) is -0.505. The van der Waals surface area contributed by atoms with Crippen LogP contribution in [-0.4, -0.2) is 60.1 Å². The van der Waals surface area contributed by atoms with Crippen LogP contribution < -0.4 is 10.6 Å². The summed E-state index contributed by atoms with van der Waals surface area (Å²) < 4.78 is 29.7. The van der Waals surface area contributed by atoms with Crippen LogP contribution in [0.5, 0.6) is 0 Å². The second-order valence-electron chi connectivity index (χ2n) is 13.8. The van der Waals surface area contributed by atoms with Crippen LogP contribution in [0.15, 0.2) is 123 Å².